The zero-order valence-corrected chi connectivity index (χ0v) is 78.9. The van der Waals surface area contributed by atoms with Crippen molar-refractivity contribution in [3.63, 3.8) is 0 Å². The molecule has 5 rings (SSSR count). The quantitative estimate of drug-likeness (QED) is 0.00951. The smallest absolute Gasteiger partial charge is 0.741 e. The molecule has 0 amide bonds. The number of anilines is 1. The normalized spacial score (nSPS) is 13.3. The molecule has 0 unspecified atom stereocenters. The van der Waals surface area contributed by atoms with Crippen LogP contribution in [0.15, 0.2) is 229 Å². The summed E-state index contributed by atoms with van der Waals surface area (Å²) in [4.78, 5) is 10.3. The maximum atomic E-state index is 10.8. The van der Waals surface area contributed by atoms with Crippen molar-refractivity contribution in [1.29, 1.82) is 0 Å². The molecule has 0 saturated carbocycles. The van der Waals surface area contributed by atoms with E-state index >= 15 is 0 Å². The van der Waals surface area contributed by atoms with E-state index in [-0.39, 0.29) is 122 Å². The van der Waals surface area contributed by atoms with Gasteiger partial charge in [-0.3, -0.25) is 10.1 Å². The predicted octanol–water partition coefficient (Wildman–Crippen LogP) is 5.96. The van der Waals surface area contributed by atoms with E-state index in [1.807, 2.05) is 105 Å². The van der Waals surface area contributed by atoms with E-state index in [0.29, 0.717) is 88.4 Å². The molecule has 11 N–H and O–H groups in total. The molecule has 5 aromatic rings. The van der Waals surface area contributed by atoms with Gasteiger partial charge in [0.2, 0.25) is 0 Å². The summed E-state index contributed by atoms with van der Waals surface area (Å²) in [6.07, 6.45) is 0. The second-order valence-corrected chi connectivity index (χ2v) is 24.9. The summed E-state index contributed by atoms with van der Waals surface area (Å²) < 4.78 is 0. The van der Waals surface area contributed by atoms with Crippen molar-refractivity contribution in [2.45, 2.75) is 41.5 Å². The first-order valence-electron chi connectivity index (χ1n) is 32.2. The van der Waals surface area contributed by atoms with Gasteiger partial charge in [-0.1, -0.05) is 96.0 Å². The van der Waals surface area contributed by atoms with Crippen LogP contribution in [0.4, 0.5) is 11.4 Å². The van der Waals surface area contributed by atoms with E-state index in [1.165, 1.54) is 12.1 Å². The number of nitrogens with zero attached hydrogens (tertiary/aromatic N) is 21. The number of nitro groups is 1. The summed E-state index contributed by atoms with van der Waals surface area (Å²) in [6.45, 7) is 10.8. The monoisotopic (exact) mass is 2040 g/mol. The molecular weight excluding hydrogens is 1960 g/mol. The molecule has 50 heteroatoms. The van der Waals surface area contributed by atoms with Gasteiger partial charge in [0.25, 0.3) is 5.69 Å². The van der Waals surface area contributed by atoms with Crippen LogP contribution in [0.1, 0.15) is 68.0 Å². The van der Waals surface area contributed by atoms with E-state index in [4.69, 9.17) is 138 Å². The second-order valence-electron chi connectivity index (χ2n) is 20.6. The fraction of sp³-hybridized carbons (Fsp3) is 0.254. The third kappa shape index (κ3) is 49.7. The molecule has 0 atom stereocenters. The minimum Gasteiger partial charge on any atom is -0.741 e. The third-order valence-electron chi connectivity index (χ3n) is 12.8. The number of benzene rings is 5. The van der Waals surface area contributed by atoms with Crippen LogP contribution in [0, 0.1) is 17.0 Å². The van der Waals surface area contributed by atoms with Crippen LogP contribution in [0.2, 0.25) is 5.02 Å². The van der Waals surface area contributed by atoms with E-state index in [9.17, 15) is 10.1 Å². The molecule has 0 aliphatic heterocycles. The molecule has 0 saturated heterocycles. The summed E-state index contributed by atoms with van der Waals surface area (Å²) in [7, 11) is 18.6. The van der Waals surface area contributed by atoms with E-state index in [0.717, 1.165) is 33.5 Å². The second kappa shape index (κ2) is 68.7. The zero-order chi connectivity index (χ0) is 84.1. The van der Waals surface area contributed by atoms with Crippen LogP contribution in [-0.2, 0) is 212 Å². The van der Waals surface area contributed by atoms with Crippen LogP contribution >= 0.6 is 11.6 Å². The molecule has 34 nitrogen and oxygen atoms in total. The molecule has 645 valence electrons. The summed E-state index contributed by atoms with van der Waals surface area (Å²) >= 11 is 55.3. The van der Waals surface area contributed by atoms with E-state index in [1.54, 1.807) is 129 Å². The maximum absolute atomic E-state index is 10.8. The number of rotatable bonds is 22. The molecular formula is C67H83ClCu5N32O2S10. The Morgan fingerprint density at radius 3 is 0.675 bits per heavy atom. The third-order valence-corrected chi connectivity index (χ3v) is 15.9. The van der Waals surface area contributed by atoms with E-state index < -0.39 is 4.92 Å². The summed E-state index contributed by atoms with van der Waals surface area (Å²) in [6, 6.07) is 38.1. The first kappa shape index (κ1) is 117. The van der Waals surface area contributed by atoms with Crippen molar-refractivity contribution in [2.75, 3.05) is 82.8 Å². The largest absolute Gasteiger partial charge is 2.00 e. The van der Waals surface area contributed by atoms with Gasteiger partial charge in [-0.2, -0.15) is 76.5 Å². The summed E-state index contributed by atoms with van der Waals surface area (Å²) in [5.74, 6) is 0. The Morgan fingerprint density at radius 2 is 0.470 bits per heavy atom. The fourth-order valence-electron chi connectivity index (χ4n) is 6.96. The average molecular weight is 2040 g/mol. The molecule has 0 spiro atoms. The molecule has 0 aliphatic rings. The Kier molecular flexibility index (Phi) is 68.9. The number of aryl methyl sites for hydroxylation is 1. The van der Waals surface area contributed by atoms with E-state index in [2.05, 4.69) is 161 Å². The number of hydrogen-bond donors (Lipinski definition) is 11. The molecule has 0 bridgehead atoms. The molecule has 0 aliphatic carbocycles. The number of hydrogen-bond acceptors (Lipinski definition) is 33. The van der Waals surface area contributed by atoms with Gasteiger partial charge in [-0.05, 0) is 130 Å². The molecule has 5 radical (unpaired) electrons. The first-order valence-corrected chi connectivity index (χ1v) is 36.7. The van der Waals surface area contributed by atoms with Crippen LogP contribution in [0.3, 0.4) is 0 Å². The topological polar surface area (TPSA) is 423 Å². The number of non-ortho nitro benzene ring substituents is 1. The van der Waals surface area contributed by atoms with Gasteiger partial charge in [-0.25, -0.2) is 0 Å². The molecule has 0 aromatic heterocycles. The van der Waals surface area contributed by atoms with Crippen molar-refractivity contribution in [3.05, 3.63) is 176 Å². The van der Waals surface area contributed by atoms with Gasteiger partial charge < -0.3 is 185 Å². The number of nitrogens with one attached hydrogen (secondary N) is 11. The Hall–Kier alpha value is -8.21. The number of amidine groups is 10. The summed E-state index contributed by atoms with van der Waals surface area (Å²) in [5.41, 5.74) is 11.4. The van der Waals surface area contributed by atoms with Gasteiger partial charge in [0.15, 0.2) is 0 Å². The van der Waals surface area contributed by atoms with Crippen LogP contribution < -0.4 is 58.5 Å². The average Bonchev–Trinajstić information content (AvgIpc) is 0.860. The Bertz CT molecular complexity index is 4400. The van der Waals surface area contributed by atoms with Crippen LogP contribution in [-0.4, -0.2) is 191 Å². The van der Waals surface area contributed by atoms with Gasteiger partial charge >= 0.3 is 85.3 Å². The molecule has 117 heavy (non-hydrogen) atoms. The van der Waals surface area contributed by atoms with Crippen molar-refractivity contribution >= 4 is 258 Å². The maximum Gasteiger partial charge on any atom is 2.00 e. The Labute approximate surface area is 795 Å². The summed E-state index contributed by atoms with van der Waals surface area (Å²) in [5, 5.41) is 124. The number of halogens is 1. The van der Waals surface area contributed by atoms with Crippen molar-refractivity contribution in [1.82, 2.24) is 53.2 Å². The standard InChI is InChI=1S/C14H21N7S2.C14H20N6S2.C13H17ClN6S2.C13H17N7O2S2.C13H18N6S2.5Cu/c1-9(18-20-13(22)16-3)12(19-21-14(23)17-4)10-5-7-11(15-2)8-6-10;1-9-5-7-11(8-6-9)12(18-20-14(22)16-4)10(2)17-19-13(21)15-3;1-8(17-19-12(21)15-2)11(18-20-13(22)16-3)9-4-6-10(14)7-5-9;1-8(16-18-12(23)14-2)11(17-19-13(24)15-3)9-4-6-10(7-5-9)20(21)22;1-9(16-18-12(20)14-2)11(17-19-13(21)15-3)10-7-5-4-6-8-10;;;;;/h5-8,15H,1-4H3,(H2,16,20,22)(H2,17,21,23);5-8H,1-4H3,(H2,15,19,21)(H2,16,20,22);4-7H,1-3H3,(H2,15,19,21)(H2,16,20,22);4-7H,1-3H3,(H2,14,18,23)(H2,15,19,24);4-8H,1-3H3,(H2,14,18,20)(H2,15,19,21);;;;;/q;;;;;5*+2/p-10. The van der Waals surface area contributed by atoms with Gasteiger partial charge in [0.05, 0.1) is 33.5 Å². The molecule has 0 fully saturated rings. The van der Waals surface area contributed by atoms with Gasteiger partial charge in [0, 0.05) is 128 Å². The van der Waals surface area contributed by atoms with Crippen molar-refractivity contribution < 1.29 is 90.3 Å². The zero-order valence-electron chi connectivity index (χ0n) is 65.3. The minimum atomic E-state index is -0.483. The van der Waals surface area contributed by atoms with Crippen LogP contribution in [0.25, 0.3) is 0 Å². The fourth-order valence-corrected chi connectivity index (χ4v) is 7.50. The minimum absolute atomic E-state index is 0. The Balaban J connectivity index is -0.000000442. The van der Waals surface area contributed by atoms with Gasteiger partial charge in [-0.15, -0.1) is 25.5 Å². The predicted molar refractivity (Wildman–Crippen MR) is 495 cm³/mol. The van der Waals surface area contributed by atoms with Crippen molar-refractivity contribution in [2.24, 2.45) is 102 Å². The van der Waals surface area contributed by atoms with Gasteiger partial charge in [0.1, 0.15) is 28.6 Å². The Morgan fingerprint density at radius 1 is 0.282 bits per heavy atom. The SMILES string of the molecule is CNC([S-])=NN=C(C)C(=NN=C([S-])NC)c1ccc(C)cc1.CNC([S-])=NN=C(C)C(=NN=C([S-])NC)c1ccc(Cl)cc1.CNC([S-])=NN=C(C)C(=NN=C([S-])NC)c1ccc(NC)cc1.CNC([S-])=NN=C(C)C(=NN=C([S-])NC)c1ccc([N+](=O)[O-])cc1.CNC([S-])=NN=C(C)C(=NN=C([S-])NC)c1ccccc1.[Cu+2].[Cu+2].[Cu+2].[Cu+2].[Cu+2]. The first-order chi connectivity index (χ1) is 53.4. The van der Waals surface area contributed by atoms with Crippen molar-refractivity contribution in [3.8, 4) is 0 Å². The molecule has 0 heterocycles. The van der Waals surface area contributed by atoms with Crippen LogP contribution in [0.5, 0.6) is 0 Å². The molecule has 5 aromatic carbocycles. The number of nitro benzene ring substituents is 1.